The molecule has 0 fully saturated rings. The summed E-state index contributed by atoms with van der Waals surface area (Å²) in [6.45, 7) is 7.19. The third-order valence-corrected chi connectivity index (χ3v) is 3.04. The zero-order chi connectivity index (χ0) is 10.8. The van der Waals surface area contributed by atoms with E-state index in [1.54, 1.807) is 0 Å². The summed E-state index contributed by atoms with van der Waals surface area (Å²) in [7, 11) is 2.18. The highest BCUT2D eigenvalue weighted by Crippen LogP contribution is 2.26. The van der Waals surface area contributed by atoms with Crippen LogP contribution in [0.1, 0.15) is 23.6 Å². The first-order chi connectivity index (χ1) is 7.20. The molecule has 82 valence electrons. The van der Waals surface area contributed by atoms with Gasteiger partial charge < -0.3 is 9.64 Å². The molecule has 0 atom stereocenters. The van der Waals surface area contributed by atoms with E-state index in [0.29, 0.717) is 0 Å². The number of ether oxygens (including phenoxy) is 1. The lowest BCUT2D eigenvalue weighted by atomic mass is 9.95. The third kappa shape index (κ3) is 2.15. The lowest BCUT2D eigenvalue weighted by Crippen LogP contribution is -2.27. The van der Waals surface area contributed by atoms with Crippen molar-refractivity contribution in [1.29, 1.82) is 0 Å². The van der Waals surface area contributed by atoms with Gasteiger partial charge >= 0.3 is 0 Å². The van der Waals surface area contributed by atoms with Gasteiger partial charge in [0.15, 0.2) is 0 Å². The van der Waals surface area contributed by atoms with E-state index < -0.39 is 0 Å². The summed E-state index contributed by atoms with van der Waals surface area (Å²) in [6.07, 6.45) is 1.15. The Morgan fingerprint density at radius 1 is 1.40 bits per heavy atom. The summed E-state index contributed by atoms with van der Waals surface area (Å²) < 4.78 is 5.57. The number of likely N-dealkylation sites (N-methyl/N-ethyl adjacent to an activating group) is 1. The van der Waals surface area contributed by atoms with Gasteiger partial charge in [0.2, 0.25) is 0 Å². The van der Waals surface area contributed by atoms with Crippen molar-refractivity contribution in [2.45, 2.75) is 26.8 Å². The van der Waals surface area contributed by atoms with E-state index in [2.05, 4.69) is 31.0 Å². The molecule has 15 heavy (non-hydrogen) atoms. The molecule has 0 radical (unpaired) electrons. The van der Waals surface area contributed by atoms with Gasteiger partial charge in [0.25, 0.3) is 0 Å². The maximum atomic E-state index is 5.57. The quantitative estimate of drug-likeness (QED) is 0.735. The van der Waals surface area contributed by atoms with Crippen molar-refractivity contribution in [2.75, 3.05) is 20.2 Å². The van der Waals surface area contributed by atoms with Crippen molar-refractivity contribution < 1.29 is 4.74 Å². The monoisotopic (exact) mass is 205 g/mol. The first-order valence-electron chi connectivity index (χ1n) is 5.64. The topological polar surface area (TPSA) is 12.5 Å². The molecule has 0 unspecified atom stereocenters. The Labute approximate surface area is 91.9 Å². The second-order valence-electron chi connectivity index (χ2n) is 4.30. The second-order valence-corrected chi connectivity index (χ2v) is 4.30. The van der Waals surface area contributed by atoms with Crippen LogP contribution in [0, 0.1) is 6.92 Å². The van der Waals surface area contributed by atoms with E-state index in [0.717, 1.165) is 31.9 Å². The van der Waals surface area contributed by atoms with Gasteiger partial charge in [0.05, 0.1) is 6.61 Å². The van der Waals surface area contributed by atoms with Crippen LogP contribution in [0.25, 0.3) is 0 Å². The molecule has 1 heterocycles. The van der Waals surface area contributed by atoms with Crippen LogP contribution in [-0.2, 0) is 13.0 Å². The fraction of sp³-hybridized carbons (Fsp3) is 0.538. The molecule has 0 aliphatic carbocycles. The molecule has 0 aromatic heterocycles. The molecule has 0 N–H and O–H groups in total. The van der Waals surface area contributed by atoms with Crippen LogP contribution in [-0.4, -0.2) is 25.1 Å². The van der Waals surface area contributed by atoms with Gasteiger partial charge in [-0.05, 0) is 56.1 Å². The van der Waals surface area contributed by atoms with Crippen molar-refractivity contribution >= 4 is 0 Å². The number of aryl methyl sites for hydroxylation is 1. The van der Waals surface area contributed by atoms with Gasteiger partial charge in [0, 0.05) is 13.1 Å². The van der Waals surface area contributed by atoms with Gasteiger partial charge in [-0.15, -0.1) is 0 Å². The molecule has 1 aromatic carbocycles. The zero-order valence-electron chi connectivity index (χ0n) is 9.84. The SMILES string of the molecule is CCOc1cc(C)c2c(c1)CCN(C)C2. The second kappa shape index (κ2) is 4.23. The molecule has 0 spiro atoms. The van der Waals surface area contributed by atoms with Crippen LogP contribution in [0.3, 0.4) is 0 Å². The third-order valence-electron chi connectivity index (χ3n) is 3.04. The fourth-order valence-corrected chi connectivity index (χ4v) is 2.21. The van der Waals surface area contributed by atoms with Crippen molar-refractivity contribution in [3.8, 4) is 5.75 Å². The maximum Gasteiger partial charge on any atom is 0.119 e. The van der Waals surface area contributed by atoms with Gasteiger partial charge in [-0.1, -0.05) is 0 Å². The van der Waals surface area contributed by atoms with Crippen LogP contribution < -0.4 is 4.74 Å². The smallest absolute Gasteiger partial charge is 0.119 e. The summed E-state index contributed by atoms with van der Waals surface area (Å²) in [5.41, 5.74) is 4.33. The fourth-order valence-electron chi connectivity index (χ4n) is 2.21. The van der Waals surface area contributed by atoms with Gasteiger partial charge in [-0.3, -0.25) is 0 Å². The van der Waals surface area contributed by atoms with Crippen LogP contribution in [0.4, 0.5) is 0 Å². The first-order valence-corrected chi connectivity index (χ1v) is 5.64. The molecular formula is C13H19NO. The normalized spacial score (nSPS) is 16.2. The molecule has 1 aliphatic heterocycles. The van der Waals surface area contributed by atoms with Crippen LogP contribution in [0.5, 0.6) is 5.75 Å². The number of benzene rings is 1. The molecule has 2 rings (SSSR count). The molecule has 2 heteroatoms. The van der Waals surface area contributed by atoms with E-state index >= 15 is 0 Å². The standard InChI is InChI=1S/C13H19NO/c1-4-15-12-7-10(2)13-9-14(3)6-5-11(13)8-12/h7-8H,4-6,9H2,1-3H3. The van der Waals surface area contributed by atoms with Crippen molar-refractivity contribution in [3.05, 3.63) is 28.8 Å². The molecule has 2 nitrogen and oxygen atoms in total. The Hall–Kier alpha value is -1.02. The van der Waals surface area contributed by atoms with Crippen LogP contribution in [0.2, 0.25) is 0 Å². The van der Waals surface area contributed by atoms with E-state index in [4.69, 9.17) is 4.74 Å². The van der Waals surface area contributed by atoms with E-state index in [-0.39, 0.29) is 0 Å². The van der Waals surface area contributed by atoms with Crippen molar-refractivity contribution in [1.82, 2.24) is 4.90 Å². The summed E-state index contributed by atoms with van der Waals surface area (Å²) in [5.74, 6) is 1.03. The van der Waals surface area contributed by atoms with Crippen molar-refractivity contribution in [2.24, 2.45) is 0 Å². The average Bonchev–Trinajstić information content (AvgIpc) is 2.20. The first kappa shape index (κ1) is 10.5. The molecule has 0 saturated heterocycles. The Bertz CT molecular complexity index is 360. The Morgan fingerprint density at radius 3 is 2.93 bits per heavy atom. The largest absolute Gasteiger partial charge is 0.494 e. The summed E-state index contributed by atoms with van der Waals surface area (Å²) in [4.78, 5) is 2.37. The zero-order valence-corrected chi connectivity index (χ0v) is 9.84. The molecule has 1 aromatic rings. The number of hydrogen-bond acceptors (Lipinski definition) is 2. The van der Waals surface area contributed by atoms with E-state index in [1.807, 2.05) is 6.92 Å². The Kier molecular flexibility index (Phi) is 2.96. The minimum atomic E-state index is 0.748. The summed E-state index contributed by atoms with van der Waals surface area (Å²) in [5, 5.41) is 0. The summed E-state index contributed by atoms with van der Waals surface area (Å²) in [6, 6.07) is 4.36. The lowest BCUT2D eigenvalue weighted by Gasteiger charge is -2.27. The highest BCUT2D eigenvalue weighted by Gasteiger charge is 2.16. The Balaban J connectivity index is 2.34. The molecule has 0 saturated carbocycles. The minimum Gasteiger partial charge on any atom is -0.494 e. The predicted octanol–water partition coefficient (Wildman–Crippen LogP) is 2.38. The predicted molar refractivity (Wildman–Crippen MR) is 62.4 cm³/mol. The molecule has 1 aliphatic rings. The van der Waals surface area contributed by atoms with Crippen LogP contribution >= 0.6 is 0 Å². The Morgan fingerprint density at radius 2 is 2.20 bits per heavy atom. The molecule has 0 bridgehead atoms. The van der Waals surface area contributed by atoms with Crippen LogP contribution in [0.15, 0.2) is 12.1 Å². The van der Waals surface area contributed by atoms with E-state index in [9.17, 15) is 0 Å². The maximum absolute atomic E-state index is 5.57. The van der Waals surface area contributed by atoms with Crippen molar-refractivity contribution in [3.63, 3.8) is 0 Å². The molecular weight excluding hydrogens is 186 g/mol. The van der Waals surface area contributed by atoms with E-state index in [1.165, 1.54) is 16.7 Å². The summed E-state index contributed by atoms with van der Waals surface area (Å²) >= 11 is 0. The molecule has 0 amide bonds. The van der Waals surface area contributed by atoms with Gasteiger partial charge in [-0.25, -0.2) is 0 Å². The lowest BCUT2D eigenvalue weighted by molar-refractivity contribution is 0.308. The highest BCUT2D eigenvalue weighted by molar-refractivity contribution is 5.42. The number of nitrogens with zero attached hydrogens (tertiary/aromatic N) is 1. The van der Waals surface area contributed by atoms with Gasteiger partial charge in [0.1, 0.15) is 5.75 Å². The average molecular weight is 205 g/mol. The number of hydrogen-bond donors (Lipinski definition) is 0. The number of rotatable bonds is 2. The number of fused-ring (bicyclic) bond motifs is 1. The van der Waals surface area contributed by atoms with Gasteiger partial charge in [-0.2, -0.15) is 0 Å². The minimum absolute atomic E-state index is 0.748. The highest BCUT2D eigenvalue weighted by atomic mass is 16.5.